The van der Waals surface area contributed by atoms with E-state index < -0.39 is 4.92 Å². The Morgan fingerprint density at radius 1 is 1.03 bits per heavy atom. The monoisotopic (exact) mass is 479 g/mol. The second-order valence-electron chi connectivity index (χ2n) is 7.00. The third kappa shape index (κ3) is 5.05. The molecule has 4 aromatic rings. The zero-order valence-corrected chi connectivity index (χ0v) is 19.0. The lowest BCUT2D eigenvalue weighted by Crippen LogP contribution is -2.28. The minimum atomic E-state index is -0.476. The average molecular weight is 480 g/mol. The highest BCUT2D eigenvalue weighted by Gasteiger charge is 2.19. The Labute approximate surface area is 199 Å². The molecular weight excluding hydrogens is 462 g/mol. The smallest absolute Gasteiger partial charge is 0.269 e. The summed E-state index contributed by atoms with van der Waals surface area (Å²) in [6.45, 7) is 0. The third-order valence-corrected chi connectivity index (χ3v) is 6.06. The number of rotatable bonds is 7. The maximum Gasteiger partial charge on any atom is 0.269 e. The van der Waals surface area contributed by atoms with Gasteiger partial charge in [-0.2, -0.15) is 0 Å². The van der Waals surface area contributed by atoms with Gasteiger partial charge in [-0.15, -0.1) is 10.2 Å². The number of nitrogens with zero attached hydrogens (tertiary/aromatic N) is 5. The van der Waals surface area contributed by atoms with Crippen LogP contribution in [0, 0.1) is 10.1 Å². The first-order valence-corrected chi connectivity index (χ1v) is 11.2. The molecule has 0 aliphatic carbocycles. The minimum Gasteiger partial charge on any atom is -0.315 e. The highest BCUT2D eigenvalue weighted by Crippen LogP contribution is 2.29. The lowest BCUT2D eigenvalue weighted by atomic mass is 10.2. The van der Waals surface area contributed by atoms with Gasteiger partial charge < -0.3 is 4.90 Å². The number of non-ortho nitro benzene ring substituents is 1. The highest BCUT2D eigenvalue weighted by molar-refractivity contribution is 7.99. The average Bonchev–Trinajstić information content (AvgIpc) is 3.27. The minimum absolute atomic E-state index is 0.0281. The van der Waals surface area contributed by atoms with E-state index in [2.05, 4.69) is 10.2 Å². The molecule has 33 heavy (non-hydrogen) atoms. The van der Waals surface area contributed by atoms with Gasteiger partial charge in [-0.3, -0.25) is 19.5 Å². The van der Waals surface area contributed by atoms with Crippen LogP contribution >= 0.6 is 23.4 Å². The molecular formula is C23H18ClN5O3S. The SMILES string of the molecule is CN(C(=O)CSc1nnc(-c2ccc(Cl)cc2)n1-c1ccccc1)c1ccc([N+](=O)[O-])cc1. The van der Waals surface area contributed by atoms with Crippen LogP contribution < -0.4 is 4.90 Å². The van der Waals surface area contributed by atoms with Crippen LogP contribution in [0.25, 0.3) is 17.1 Å². The van der Waals surface area contributed by atoms with Gasteiger partial charge in [-0.25, -0.2) is 0 Å². The lowest BCUT2D eigenvalue weighted by molar-refractivity contribution is -0.384. The van der Waals surface area contributed by atoms with E-state index in [-0.39, 0.29) is 17.3 Å². The second-order valence-corrected chi connectivity index (χ2v) is 8.38. The third-order valence-electron chi connectivity index (χ3n) is 4.90. The van der Waals surface area contributed by atoms with Crippen LogP contribution in [0.5, 0.6) is 0 Å². The molecule has 166 valence electrons. The van der Waals surface area contributed by atoms with Crippen molar-refractivity contribution in [3.8, 4) is 17.1 Å². The van der Waals surface area contributed by atoms with Crippen molar-refractivity contribution in [2.24, 2.45) is 0 Å². The quantitative estimate of drug-likeness (QED) is 0.204. The molecule has 4 rings (SSSR count). The molecule has 1 amide bonds. The van der Waals surface area contributed by atoms with Gasteiger partial charge in [0.15, 0.2) is 11.0 Å². The van der Waals surface area contributed by atoms with Gasteiger partial charge in [0, 0.05) is 41.1 Å². The molecule has 0 saturated carbocycles. The largest absolute Gasteiger partial charge is 0.315 e. The molecule has 3 aromatic carbocycles. The number of benzene rings is 3. The number of para-hydroxylation sites is 1. The summed E-state index contributed by atoms with van der Waals surface area (Å²) in [6, 6.07) is 22.8. The van der Waals surface area contributed by atoms with Crippen molar-refractivity contribution >= 4 is 40.6 Å². The summed E-state index contributed by atoms with van der Waals surface area (Å²) in [5.41, 5.74) is 2.25. The summed E-state index contributed by atoms with van der Waals surface area (Å²) in [5, 5.41) is 20.7. The molecule has 8 nitrogen and oxygen atoms in total. The fourth-order valence-corrected chi connectivity index (χ4v) is 4.12. The molecule has 0 aliphatic rings. The van der Waals surface area contributed by atoms with Crippen LogP contribution in [-0.2, 0) is 4.79 Å². The number of halogens is 1. The number of hydrogen-bond donors (Lipinski definition) is 0. The number of carbonyl (C=O) groups is 1. The Kier molecular flexibility index (Phi) is 6.71. The van der Waals surface area contributed by atoms with E-state index in [0.717, 1.165) is 11.3 Å². The van der Waals surface area contributed by atoms with Gasteiger partial charge in [0.2, 0.25) is 5.91 Å². The molecule has 0 fully saturated rings. The molecule has 0 spiro atoms. The Hall–Kier alpha value is -3.69. The summed E-state index contributed by atoms with van der Waals surface area (Å²) < 4.78 is 1.90. The zero-order chi connectivity index (χ0) is 23.4. The normalized spacial score (nSPS) is 10.7. The van der Waals surface area contributed by atoms with Crippen molar-refractivity contribution in [2.75, 3.05) is 17.7 Å². The topological polar surface area (TPSA) is 94.2 Å². The van der Waals surface area contributed by atoms with E-state index in [1.165, 1.54) is 28.8 Å². The maximum atomic E-state index is 12.8. The first-order chi connectivity index (χ1) is 15.9. The van der Waals surface area contributed by atoms with Crippen molar-refractivity contribution < 1.29 is 9.72 Å². The van der Waals surface area contributed by atoms with E-state index in [0.29, 0.717) is 21.7 Å². The zero-order valence-electron chi connectivity index (χ0n) is 17.5. The molecule has 1 heterocycles. The van der Waals surface area contributed by atoms with Crippen molar-refractivity contribution in [3.05, 3.63) is 94.0 Å². The van der Waals surface area contributed by atoms with E-state index in [9.17, 15) is 14.9 Å². The molecule has 0 radical (unpaired) electrons. The summed E-state index contributed by atoms with van der Waals surface area (Å²) in [4.78, 5) is 24.6. The number of aromatic nitrogens is 3. The van der Waals surface area contributed by atoms with Crippen LogP contribution in [0.4, 0.5) is 11.4 Å². The number of thioether (sulfide) groups is 1. The molecule has 0 unspecified atom stereocenters. The van der Waals surface area contributed by atoms with Crippen LogP contribution in [0.3, 0.4) is 0 Å². The first-order valence-electron chi connectivity index (χ1n) is 9.84. The van der Waals surface area contributed by atoms with E-state index in [4.69, 9.17) is 11.6 Å². The summed E-state index contributed by atoms with van der Waals surface area (Å²) in [5.74, 6) is 0.569. The van der Waals surface area contributed by atoms with E-state index >= 15 is 0 Å². The van der Waals surface area contributed by atoms with Crippen LogP contribution in [0.2, 0.25) is 5.02 Å². The Morgan fingerprint density at radius 3 is 2.33 bits per heavy atom. The first kappa shape index (κ1) is 22.5. The molecule has 0 bridgehead atoms. The second kappa shape index (κ2) is 9.85. The van der Waals surface area contributed by atoms with Crippen molar-refractivity contribution in [1.82, 2.24) is 14.8 Å². The van der Waals surface area contributed by atoms with Crippen LogP contribution in [-0.4, -0.2) is 38.4 Å². The van der Waals surface area contributed by atoms with Crippen LogP contribution in [0.15, 0.2) is 84.0 Å². The number of hydrogen-bond acceptors (Lipinski definition) is 6. The molecule has 0 atom stereocenters. The van der Waals surface area contributed by atoms with Gasteiger partial charge in [0.1, 0.15) is 0 Å². The molecule has 10 heteroatoms. The fourth-order valence-electron chi connectivity index (χ4n) is 3.12. The van der Waals surface area contributed by atoms with Crippen molar-refractivity contribution in [3.63, 3.8) is 0 Å². The van der Waals surface area contributed by atoms with Crippen LogP contribution in [0.1, 0.15) is 0 Å². The molecule has 1 aromatic heterocycles. The predicted molar refractivity (Wildman–Crippen MR) is 129 cm³/mol. The summed E-state index contributed by atoms with van der Waals surface area (Å²) in [6.07, 6.45) is 0. The van der Waals surface area contributed by atoms with E-state index in [1.807, 2.05) is 47.0 Å². The molecule has 0 saturated heterocycles. The number of anilines is 1. The fraction of sp³-hybridized carbons (Fsp3) is 0.0870. The summed E-state index contributed by atoms with van der Waals surface area (Å²) in [7, 11) is 1.63. The number of nitro benzene ring substituents is 1. The number of nitro groups is 1. The van der Waals surface area contributed by atoms with Gasteiger partial charge in [0.25, 0.3) is 5.69 Å². The number of carbonyl (C=O) groups excluding carboxylic acids is 1. The van der Waals surface area contributed by atoms with Gasteiger partial charge >= 0.3 is 0 Å². The Balaban J connectivity index is 1.57. The Morgan fingerprint density at radius 2 is 1.70 bits per heavy atom. The Bertz CT molecular complexity index is 1280. The summed E-state index contributed by atoms with van der Waals surface area (Å²) >= 11 is 7.29. The highest BCUT2D eigenvalue weighted by atomic mass is 35.5. The predicted octanol–water partition coefficient (Wildman–Crippen LogP) is 5.25. The molecule has 0 aliphatic heterocycles. The van der Waals surface area contributed by atoms with Gasteiger partial charge in [-0.1, -0.05) is 41.6 Å². The van der Waals surface area contributed by atoms with Crippen molar-refractivity contribution in [1.29, 1.82) is 0 Å². The lowest BCUT2D eigenvalue weighted by Gasteiger charge is -2.17. The standard InChI is InChI=1S/C23H18ClN5O3S/c1-27(18-11-13-20(14-12-18)29(31)32)21(30)15-33-23-26-25-22(16-7-9-17(24)10-8-16)28(23)19-5-3-2-4-6-19/h2-14H,15H2,1H3. The number of amides is 1. The van der Waals surface area contributed by atoms with Gasteiger partial charge in [0.05, 0.1) is 10.7 Å². The molecule has 0 N–H and O–H groups in total. The maximum absolute atomic E-state index is 12.8. The van der Waals surface area contributed by atoms with E-state index in [1.54, 1.807) is 31.3 Å². The van der Waals surface area contributed by atoms with Crippen molar-refractivity contribution in [2.45, 2.75) is 5.16 Å². The van der Waals surface area contributed by atoms with Gasteiger partial charge in [-0.05, 0) is 48.5 Å².